The first kappa shape index (κ1) is 15.5. The Morgan fingerprint density at radius 1 is 1.29 bits per heavy atom. The second-order valence-electron chi connectivity index (χ2n) is 5.06. The van der Waals surface area contributed by atoms with Crippen molar-refractivity contribution in [2.45, 2.75) is 24.4 Å². The van der Waals surface area contributed by atoms with Gasteiger partial charge in [-0.05, 0) is 37.1 Å². The summed E-state index contributed by atoms with van der Waals surface area (Å²) >= 11 is 1.36. The normalized spacial score (nSPS) is 13.7. The van der Waals surface area contributed by atoms with Gasteiger partial charge in [-0.15, -0.1) is 11.8 Å². The molecule has 0 aliphatic carbocycles. The van der Waals surface area contributed by atoms with Crippen LogP contribution in [0.15, 0.2) is 47.5 Å². The van der Waals surface area contributed by atoms with Crippen LogP contribution in [0.5, 0.6) is 0 Å². The lowest BCUT2D eigenvalue weighted by Gasteiger charge is -2.24. The van der Waals surface area contributed by atoms with Crippen LogP contribution in [0.4, 0.5) is 0 Å². The molecule has 1 atom stereocenters. The first-order chi connectivity index (χ1) is 9.91. The van der Waals surface area contributed by atoms with E-state index in [1.54, 1.807) is 24.3 Å². The van der Waals surface area contributed by atoms with Gasteiger partial charge in [0.15, 0.2) is 0 Å². The number of hydrogen-bond donors (Lipinski definition) is 2. The molecule has 0 fully saturated rings. The lowest BCUT2D eigenvalue weighted by Crippen LogP contribution is -2.47. The van der Waals surface area contributed by atoms with Crippen LogP contribution in [-0.2, 0) is 10.3 Å². The molecule has 110 valence electrons. The highest BCUT2D eigenvalue weighted by Crippen LogP contribution is 2.28. The summed E-state index contributed by atoms with van der Waals surface area (Å²) < 4.78 is 0. The molecule has 1 heterocycles. The van der Waals surface area contributed by atoms with E-state index in [2.05, 4.69) is 4.98 Å². The minimum absolute atomic E-state index is 0.224. The lowest BCUT2D eigenvalue weighted by molar-refractivity contribution is -0.142. The maximum absolute atomic E-state index is 11.6. The lowest BCUT2D eigenvalue weighted by atomic mass is 9.93. The van der Waals surface area contributed by atoms with Gasteiger partial charge in [-0.25, -0.2) is 9.78 Å². The van der Waals surface area contributed by atoms with Gasteiger partial charge in [-0.1, -0.05) is 30.3 Å². The van der Waals surface area contributed by atoms with E-state index in [-0.39, 0.29) is 5.75 Å². The fourth-order valence-electron chi connectivity index (χ4n) is 2.07. The van der Waals surface area contributed by atoms with Gasteiger partial charge in [0, 0.05) is 11.4 Å². The fraction of sp³-hybridized carbons (Fsp3) is 0.250. The zero-order chi connectivity index (χ0) is 15.5. The molecule has 0 amide bonds. The van der Waals surface area contributed by atoms with Gasteiger partial charge in [0.25, 0.3) is 0 Å². The highest BCUT2D eigenvalue weighted by molar-refractivity contribution is 7.99. The Bertz CT molecular complexity index is 626. The number of carbonyl (C=O) groups is 1. The van der Waals surface area contributed by atoms with Crippen molar-refractivity contribution in [3.05, 3.63) is 59.3 Å². The first-order valence-corrected chi connectivity index (χ1v) is 7.56. The summed E-state index contributed by atoms with van der Waals surface area (Å²) in [6.45, 7) is 3.91. The van der Waals surface area contributed by atoms with Crippen LogP contribution < -0.4 is 5.73 Å². The Balaban J connectivity index is 2.23. The van der Waals surface area contributed by atoms with Crippen molar-refractivity contribution >= 4 is 17.7 Å². The third-order valence-electron chi connectivity index (χ3n) is 3.19. The van der Waals surface area contributed by atoms with Crippen LogP contribution in [0.1, 0.15) is 16.8 Å². The highest BCUT2D eigenvalue weighted by atomic mass is 32.2. The number of carboxylic acids is 1. The van der Waals surface area contributed by atoms with E-state index >= 15 is 0 Å². The molecule has 3 N–H and O–H groups in total. The second kappa shape index (κ2) is 6.28. The van der Waals surface area contributed by atoms with E-state index in [0.29, 0.717) is 5.56 Å². The molecule has 0 aliphatic rings. The summed E-state index contributed by atoms with van der Waals surface area (Å²) in [6.07, 6.45) is 0. The average Bonchev–Trinajstić information content (AvgIpc) is 2.44. The average molecular weight is 302 g/mol. The summed E-state index contributed by atoms with van der Waals surface area (Å²) in [6, 6.07) is 12.8. The molecule has 0 saturated heterocycles. The number of benzene rings is 1. The molecule has 0 aliphatic heterocycles. The van der Waals surface area contributed by atoms with Gasteiger partial charge in [0.05, 0.1) is 5.03 Å². The molecule has 5 heteroatoms. The molecule has 1 aromatic carbocycles. The van der Waals surface area contributed by atoms with Crippen molar-refractivity contribution in [3.8, 4) is 0 Å². The number of aromatic nitrogens is 1. The summed E-state index contributed by atoms with van der Waals surface area (Å²) in [5, 5.41) is 10.3. The van der Waals surface area contributed by atoms with Gasteiger partial charge >= 0.3 is 5.97 Å². The predicted molar refractivity (Wildman–Crippen MR) is 84.4 cm³/mol. The SMILES string of the molecule is Cc1cc(C)nc(SCC(N)(C(=O)O)c2ccccc2)c1. The molecule has 4 nitrogen and oxygen atoms in total. The van der Waals surface area contributed by atoms with E-state index in [4.69, 9.17) is 5.73 Å². The van der Waals surface area contributed by atoms with Crippen molar-refractivity contribution < 1.29 is 9.90 Å². The minimum Gasteiger partial charge on any atom is -0.480 e. The second-order valence-corrected chi connectivity index (χ2v) is 6.05. The van der Waals surface area contributed by atoms with Crippen molar-refractivity contribution in [3.63, 3.8) is 0 Å². The quantitative estimate of drug-likeness (QED) is 0.831. The Labute approximate surface area is 128 Å². The molecular weight excluding hydrogens is 284 g/mol. The summed E-state index contributed by atoms with van der Waals surface area (Å²) in [7, 11) is 0. The van der Waals surface area contributed by atoms with Crippen molar-refractivity contribution in [1.29, 1.82) is 0 Å². The monoisotopic (exact) mass is 302 g/mol. The van der Waals surface area contributed by atoms with E-state index in [9.17, 15) is 9.90 Å². The van der Waals surface area contributed by atoms with E-state index in [1.807, 2.05) is 32.0 Å². The Hall–Kier alpha value is -1.85. The first-order valence-electron chi connectivity index (χ1n) is 6.58. The standard InChI is InChI=1S/C16H18N2O2S/c1-11-8-12(2)18-14(9-11)21-10-16(17,15(19)20)13-6-4-3-5-7-13/h3-9H,10,17H2,1-2H3,(H,19,20). The third-order valence-corrected chi connectivity index (χ3v) is 4.30. The number of carboxylic acid groups (broad SMARTS) is 1. The third kappa shape index (κ3) is 3.62. The number of rotatable bonds is 5. The van der Waals surface area contributed by atoms with Crippen LogP contribution in [-0.4, -0.2) is 21.8 Å². The minimum atomic E-state index is -1.43. The fourth-order valence-corrected chi connectivity index (χ4v) is 3.21. The number of aryl methyl sites for hydroxylation is 2. The van der Waals surface area contributed by atoms with E-state index < -0.39 is 11.5 Å². The largest absolute Gasteiger partial charge is 0.480 e. The maximum atomic E-state index is 11.6. The molecule has 0 bridgehead atoms. The number of aliphatic carboxylic acids is 1. The molecule has 0 saturated carbocycles. The van der Waals surface area contributed by atoms with Crippen molar-refractivity contribution in [2.24, 2.45) is 5.73 Å². The van der Waals surface area contributed by atoms with Gasteiger partial charge < -0.3 is 10.8 Å². The Morgan fingerprint density at radius 2 is 1.95 bits per heavy atom. The summed E-state index contributed by atoms with van der Waals surface area (Å²) in [5.41, 5.74) is 7.32. The zero-order valence-corrected chi connectivity index (χ0v) is 12.9. The molecule has 2 rings (SSSR count). The maximum Gasteiger partial charge on any atom is 0.329 e. The Kier molecular flexibility index (Phi) is 4.65. The number of thioether (sulfide) groups is 1. The number of nitrogens with zero attached hydrogens (tertiary/aromatic N) is 1. The molecule has 2 aromatic rings. The van der Waals surface area contributed by atoms with Crippen molar-refractivity contribution in [1.82, 2.24) is 4.98 Å². The molecule has 0 radical (unpaired) electrons. The number of nitrogens with two attached hydrogens (primary N) is 1. The highest BCUT2D eigenvalue weighted by Gasteiger charge is 2.36. The topological polar surface area (TPSA) is 76.2 Å². The van der Waals surface area contributed by atoms with E-state index in [1.165, 1.54) is 11.8 Å². The van der Waals surface area contributed by atoms with Gasteiger partial charge in [0.2, 0.25) is 0 Å². The molecule has 1 aromatic heterocycles. The molecule has 1 unspecified atom stereocenters. The Morgan fingerprint density at radius 3 is 2.52 bits per heavy atom. The zero-order valence-electron chi connectivity index (χ0n) is 12.0. The van der Waals surface area contributed by atoms with Gasteiger partial charge in [-0.3, -0.25) is 0 Å². The molecular formula is C16H18N2O2S. The number of hydrogen-bond acceptors (Lipinski definition) is 4. The van der Waals surface area contributed by atoms with Crippen LogP contribution in [0.2, 0.25) is 0 Å². The van der Waals surface area contributed by atoms with Crippen LogP contribution in [0, 0.1) is 13.8 Å². The van der Waals surface area contributed by atoms with E-state index in [0.717, 1.165) is 16.3 Å². The number of pyridine rings is 1. The molecule has 21 heavy (non-hydrogen) atoms. The van der Waals surface area contributed by atoms with Gasteiger partial charge in [0.1, 0.15) is 5.54 Å². The smallest absolute Gasteiger partial charge is 0.329 e. The van der Waals surface area contributed by atoms with Crippen LogP contribution >= 0.6 is 11.8 Å². The van der Waals surface area contributed by atoms with Crippen LogP contribution in [0.25, 0.3) is 0 Å². The summed E-state index contributed by atoms with van der Waals surface area (Å²) in [4.78, 5) is 16.0. The van der Waals surface area contributed by atoms with Gasteiger partial charge in [-0.2, -0.15) is 0 Å². The predicted octanol–water partition coefficient (Wildman–Crippen LogP) is 2.73. The van der Waals surface area contributed by atoms with Crippen LogP contribution in [0.3, 0.4) is 0 Å². The van der Waals surface area contributed by atoms with Crippen molar-refractivity contribution in [2.75, 3.05) is 5.75 Å². The molecule has 0 spiro atoms. The summed E-state index contributed by atoms with van der Waals surface area (Å²) in [5.74, 6) is -0.812.